The van der Waals surface area contributed by atoms with Gasteiger partial charge in [0.15, 0.2) is 10.9 Å². The SMILES string of the molecule is O=C1CCCc2nc(N3CCCc4ccccc4C3)sc21. The van der Waals surface area contributed by atoms with Gasteiger partial charge in [0.05, 0.1) is 10.6 Å². The summed E-state index contributed by atoms with van der Waals surface area (Å²) in [5.74, 6) is 0.287. The van der Waals surface area contributed by atoms with Crippen molar-refractivity contribution in [2.24, 2.45) is 0 Å². The molecule has 2 aliphatic rings. The van der Waals surface area contributed by atoms with Gasteiger partial charge in [-0.3, -0.25) is 4.79 Å². The minimum Gasteiger partial charge on any atom is -0.344 e. The van der Waals surface area contributed by atoms with Gasteiger partial charge in [-0.2, -0.15) is 0 Å². The molecular weight excluding hydrogens is 280 g/mol. The number of ketones is 1. The third-order valence-corrected chi connectivity index (χ3v) is 5.58. The van der Waals surface area contributed by atoms with Crippen LogP contribution in [0, 0.1) is 0 Å². The maximum Gasteiger partial charge on any atom is 0.186 e. The molecule has 0 bridgehead atoms. The van der Waals surface area contributed by atoms with Crippen LogP contribution in [0.1, 0.15) is 45.8 Å². The van der Waals surface area contributed by atoms with Crippen LogP contribution in [0.4, 0.5) is 5.13 Å². The molecule has 1 aromatic carbocycles. The number of rotatable bonds is 1. The number of hydrogen-bond acceptors (Lipinski definition) is 4. The number of aromatic nitrogens is 1. The van der Waals surface area contributed by atoms with Crippen LogP contribution < -0.4 is 4.90 Å². The van der Waals surface area contributed by atoms with Gasteiger partial charge >= 0.3 is 0 Å². The van der Waals surface area contributed by atoms with Crippen LogP contribution in [-0.2, 0) is 19.4 Å². The third kappa shape index (κ3) is 2.38. The van der Waals surface area contributed by atoms with E-state index in [0.29, 0.717) is 6.42 Å². The molecule has 0 saturated carbocycles. The highest BCUT2D eigenvalue weighted by molar-refractivity contribution is 7.17. The van der Waals surface area contributed by atoms with E-state index >= 15 is 0 Å². The summed E-state index contributed by atoms with van der Waals surface area (Å²) in [5, 5.41) is 1.03. The lowest BCUT2D eigenvalue weighted by Crippen LogP contribution is -2.22. The average molecular weight is 298 g/mol. The first-order valence-electron chi connectivity index (χ1n) is 7.66. The number of nitrogens with zero attached hydrogens (tertiary/aromatic N) is 2. The van der Waals surface area contributed by atoms with E-state index < -0.39 is 0 Å². The van der Waals surface area contributed by atoms with Gasteiger partial charge in [-0.15, -0.1) is 0 Å². The lowest BCUT2D eigenvalue weighted by Gasteiger charge is -2.19. The molecule has 1 aromatic heterocycles. The zero-order valence-electron chi connectivity index (χ0n) is 12.0. The molecule has 4 heteroatoms. The molecule has 2 heterocycles. The minimum atomic E-state index is 0.287. The molecule has 108 valence electrons. The number of Topliss-reactive ketones (excluding diaryl/α,β-unsaturated/α-hetero) is 1. The van der Waals surface area contributed by atoms with E-state index in [1.807, 2.05) is 0 Å². The van der Waals surface area contributed by atoms with Crippen molar-refractivity contribution < 1.29 is 4.79 Å². The van der Waals surface area contributed by atoms with E-state index in [-0.39, 0.29) is 5.78 Å². The van der Waals surface area contributed by atoms with Crippen LogP contribution in [0.5, 0.6) is 0 Å². The maximum atomic E-state index is 12.0. The van der Waals surface area contributed by atoms with Gasteiger partial charge in [0.25, 0.3) is 0 Å². The Morgan fingerprint density at radius 3 is 2.76 bits per heavy atom. The van der Waals surface area contributed by atoms with Crippen molar-refractivity contribution in [2.75, 3.05) is 11.4 Å². The van der Waals surface area contributed by atoms with Gasteiger partial charge in [-0.05, 0) is 36.8 Å². The molecule has 0 saturated heterocycles. The number of benzene rings is 1. The number of hydrogen-bond donors (Lipinski definition) is 0. The van der Waals surface area contributed by atoms with Crippen LogP contribution in [-0.4, -0.2) is 17.3 Å². The first kappa shape index (κ1) is 13.0. The topological polar surface area (TPSA) is 33.2 Å². The number of carbonyl (C=O) groups excluding carboxylic acids is 1. The van der Waals surface area contributed by atoms with Crippen LogP contribution in [0.15, 0.2) is 24.3 Å². The minimum absolute atomic E-state index is 0.287. The van der Waals surface area contributed by atoms with E-state index in [1.54, 1.807) is 11.3 Å². The van der Waals surface area contributed by atoms with Crippen LogP contribution in [0.2, 0.25) is 0 Å². The van der Waals surface area contributed by atoms with Crippen molar-refractivity contribution in [2.45, 2.75) is 38.6 Å². The largest absolute Gasteiger partial charge is 0.344 e. The maximum absolute atomic E-state index is 12.0. The number of carbonyl (C=O) groups is 1. The van der Waals surface area contributed by atoms with Crippen molar-refractivity contribution in [1.29, 1.82) is 0 Å². The number of aryl methyl sites for hydroxylation is 2. The number of thiazole rings is 1. The molecule has 1 aliphatic heterocycles. The number of anilines is 1. The Kier molecular flexibility index (Phi) is 3.26. The monoisotopic (exact) mass is 298 g/mol. The quantitative estimate of drug-likeness (QED) is 0.806. The van der Waals surface area contributed by atoms with Crippen molar-refractivity contribution in [3.63, 3.8) is 0 Å². The van der Waals surface area contributed by atoms with E-state index in [0.717, 1.165) is 54.5 Å². The molecule has 0 N–H and O–H groups in total. The van der Waals surface area contributed by atoms with Gasteiger partial charge in [0, 0.05) is 19.5 Å². The van der Waals surface area contributed by atoms with E-state index in [2.05, 4.69) is 29.2 Å². The summed E-state index contributed by atoms with van der Waals surface area (Å²) in [6, 6.07) is 8.68. The second-order valence-electron chi connectivity index (χ2n) is 5.84. The standard InChI is InChI=1S/C17H18N2OS/c20-15-9-3-8-14-16(15)21-17(18-14)19-10-4-7-12-5-1-2-6-13(12)11-19/h1-2,5-6H,3-4,7-11H2. The highest BCUT2D eigenvalue weighted by Crippen LogP contribution is 2.33. The first-order chi connectivity index (χ1) is 10.3. The lowest BCUT2D eigenvalue weighted by molar-refractivity contribution is 0.0976. The first-order valence-corrected chi connectivity index (χ1v) is 8.47. The van der Waals surface area contributed by atoms with Crippen molar-refractivity contribution in [3.8, 4) is 0 Å². The van der Waals surface area contributed by atoms with Crippen molar-refractivity contribution in [3.05, 3.63) is 46.0 Å². The molecule has 1 aliphatic carbocycles. The second-order valence-corrected chi connectivity index (χ2v) is 6.82. The fraction of sp³-hybridized carbons (Fsp3) is 0.412. The molecule has 21 heavy (non-hydrogen) atoms. The van der Waals surface area contributed by atoms with Crippen LogP contribution in [0.3, 0.4) is 0 Å². The highest BCUT2D eigenvalue weighted by Gasteiger charge is 2.25. The van der Waals surface area contributed by atoms with Gasteiger partial charge in [-0.1, -0.05) is 35.6 Å². The Morgan fingerprint density at radius 2 is 1.90 bits per heavy atom. The predicted molar refractivity (Wildman–Crippen MR) is 85.2 cm³/mol. The van der Waals surface area contributed by atoms with E-state index in [4.69, 9.17) is 4.98 Å². The Labute approximate surface area is 128 Å². The summed E-state index contributed by atoms with van der Waals surface area (Å²) in [7, 11) is 0. The van der Waals surface area contributed by atoms with Crippen LogP contribution in [0.25, 0.3) is 0 Å². The molecule has 0 amide bonds. The Balaban J connectivity index is 1.66. The normalized spacial score (nSPS) is 18.1. The summed E-state index contributed by atoms with van der Waals surface area (Å²) in [4.78, 5) is 20.0. The van der Waals surface area contributed by atoms with Gasteiger partial charge in [0.2, 0.25) is 0 Å². The van der Waals surface area contributed by atoms with Gasteiger partial charge in [-0.25, -0.2) is 4.98 Å². The summed E-state index contributed by atoms with van der Waals surface area (Å²) in [6.45, 7) is 1.94. The van der Waals surface area contributed by atoms with Crippen molar-refractivity contribution in [1.82, 2.24) is 4.98 Å². The summed E-state index contributed by atoms with van der Waals surface area (Å²) in [6.07, 6.45) is 4.89. The molecule has 0 spiro atoms. The predicted octanol–water partition coefficient (Wildman–Crippen LogP) is 3.61. The van der Waals surface area contributed by atoms with Gasteiger partial charge in [0.1, 0.15) is 0 Å². The summed E-state index contributed by atoms with van der Waals surface area (Å²) in [5.41, 5.74) is 3.88. The van der Waals surface area contributed by atoms with E-state index in [1.165, 1.54) is 11.1 Å². The number of fused-ring (bicyclic) bond motifs is 2. The fourth-order valence-corrected chi connectivity index (χ4v) is 4.36. The van der Waals surface area contributed by atoms with E-state index in [9.17, 15) is 4.79 Å². The zero-order valence-corrected chi connectivity index (χ0v) is 12.8. The molecule has 2 aromatic rings. The smallest absolute Gasteiger partial charge is 0.186 e. The molecule has 0 unspecified atom stereocenters. The summed E-state index contributed by atoms with van der Waals surface area (Å²) >= 11 is 1.60. The van der Waals surface area contributed by atoms with Crippen LogP contribution >= 0.6 is 11.3 Å². The molecule has 3 nitrogen and oxygen atoms in total. The Hall–Kier alpha value is -1.68. The second kappa shape index (κ2) is 5.26. The molecule has 0 fully saturated rings. The fourth-order valence-electron chi connectivity index (χ4n) is 3.26. The Morgan fingerprint density at radius 1 is 1.05 bits per heavy atom. The summed E-state index contributed by atoms with van der Waals surface area (Å²) < 4.78 is 0. The molecular formula is C17H18N2OS. The van der Waals surface area contributed by atoms with Crippen molar-refractivity contribution >= 4 is 22.3 Å². The highest BCUT2D eigenvalue weighted by atomic mass is 32.1. The molecule has 4 rings (SSSR count). The third-order valence-electron chi connectivity index (χ3n) is 4.38. The Bertz CT molecular complexity index is 692. The molecule has 0 radical (unpaired) electrons. The molecule has 0 atom stereocenters. The average Bonchev–Trinajstić information content (AvgIpc) is 2.82. The lowest BCUT2D eigenvalue weighted by atomic mass is 10.0. The van der Waals surface area contributed by atoms with Gasteiger partial charge < -0.3 is 4.90 Å². The zero-order chi connectivity index (χ0) is 14.2.